The van der Waals surface area contributed by atoms with Gasteiger partial charge in [0.25, 0.3) is 5.91 Å². The van der Waals surface area contributed by atoms with E-state index in [1.54, 1.807) is 55.5 Å². The van der Waals surface area contributed by atoms with Crippen LogP contribution in [0.2, 0.25) is 0 Å². The van der Waals surface area contributed by atoms with Crippen LogP contribution in [0.3, 0.4) is 0 Å². The Morgan fingerprint density at radius 1 is 1.15 bits per heavy atom. The second-order valence-corrected chi connectivity index (χ2v) is 6.09. The van der Waals surface area contributed by atoms with E-state index in [0.29, 0.717) is 17.0 Å². The lowest BCUT2D eigenvalue weighted by Crippen LogP contribution is -2.42. The summed E-state index contributed by atoms with van der Waals surface area (Å²) in [4.78, 5) is 38.2. The average molecular weight is 353 g/mol. The van der Waals surface area contributed by atoms with Gasteiger partial charge in [-0.05, 0) is 24.6 Å². The summed E-state index contributed by atoms with van der Waals surface area (Å²) in [7, 11) is 1.53. The first-order valence-electron chi connectivity index (χ1n) is 8.07. The van der Waals surface area contributed by atoms with E-state index in [4.69, 9.17) is 4.74 Å². The molecular formula is C19H19N3O4. The molecular weight excluding hydrogens is 334 g/mol. The van der Waals surface area contributed by atoms with Gasteiger partial charge in [0.15, 0.2) is 0 Å². The largest absolute Gasteiger partial charge is 0.497 e. The second-order valence-electron chi connectivity index (χ2n) is 6.09. The van der Waals surface area contributed by atoms with Crippen LogP contribution >= 0.6 is 0 Å². The topological polar surface area (TPSA) is 87.7 Å². The first-order valence-corrected chi connectivity index (χ1v) is 8.07. The summed E-state index contributed by atoms with van der Waals surface area (Å²) in [6, 6.07) is 15.2. The monoisotopic (exact) mass is 353 g/mol. The summed E-state index contributed by atoms with van der Waals surface area (Å²) in [6.45, 7) is 1.26. The van der Waals surface area contributed by atoms with Crippen LogP contribution in [-0.2, 0) is 15.1 Å². The van der Waals surface area contributed by atoms with Gasteiger partial charge in [-0.15, -0.1) is 0 Å². The Morgan fingerprint density at radius 3 is 2.58 bits per heavy atom. The Kier molecular flexibility index (Phi) is 4.62. The van der Waals surface area contributed by atoms with Crippen LogP contribution in [0, 0.1) is 0 Å². The van der Waals surface area contributed by atoms with Crippen molar-refractivity contribution in [3.05, 3.63) is 60.2 Å². The van der Waals surface area contributed by atoms with Crippen LogP contribution in [0.25, 0.3) is 0 Å². The summed E-state index contributed by atoms with van der Waals surface area (Å²) in [6.07, 6.45) is 0. The van der Waals surface area contributed by atoms with Gasteiger partial charge in [0.2, 0.25) is 5.91 Å². The standard InChI is InChI=1S/C19H19N3O4/c1-19(13-7-4-3-5-8-13)17(24)22(18(25)21-19)12-16(23)20-14-9-6-10-15(11-14)26-2/h3-11H,12H2,1-2H3,(H,20,23)(H,21,25). The lowest BCUT2D eigenvalue weighted by Gasteiger charge is -2.22. The molecule has 4 amide bonds. The summed E-state index contributed by atoms with van der Waals surface area (Å²) < 4.78 is 5.10. The third-order valence-corrected chi connectivity index (χ3v) is 4.28. The Morgan fingerprint density at radius 2 is 1.88 bits per heavy atom. The van der Waals surface area contributed by atoms with E-state index in [2.05, 4.69) is 10.6 Å². The molecule has 1 heterocycles. The smallest absolute Gasteiger partial charge is 0.325 e. The van der Waals surface area contributed by atoms with Crippen molar-refractivity contribution >= 4 is 23.5 Å². The molecule has 1 fully saturated rings. The van der Waals surface area contributed by atoms with E-state index in [1.165, 1.54) is 7.11 Å². The molecule has 134 valence electrons. The molecule has 2 N–H and O–H groups in total. The highest BCUT2D eigenvalue weighted by atomic mass is 16.5. The second kappa shape index (κ2) is 6.87. The molecule has 7 heteroatoms. The van der Waals surface area contributed by atoms with Crippen molar-refractivity contribution in [1.82, 2.24) is 10.2 Å². The third kappa shape index (κ3) is 3.23. The molecule has 1 aliphatic rings. The van der Waals surface area contributed by atoms with Gasteiger partial charge in [-0.1, -0.05) is 36.4 Å². The fraction of sp³-hybridized carbons (Fsp3) is 0.211. The van der Waals surface area contributed by atoms with Crippen LogP contribution in [0.1, 0.15) is 12.5 Å². The molecule has 2 aromatic rings. The number of urea groups is 1. The van der Waals surface area contributed by atoms with Crippen LogP contribution in [0.15, 0.2) is 54.6 Å². The summed E-state index contributed by atoms with van der Waals surface area (Å²) in [5.41, 5.74) is -0.00418. The SMILES string of the molecule is COc1cccc(NC(=O)CN2C(=O)NC(C)(c3ccccc3)C2=O)c1. The van der Waals surface area contributed by atoms with Crippen molar-refractivity contribution in [2.45, 2.75) is 12.5 Å². The minimum Gasteiger partial charge on any atom is -0.497 e. The molecule has 26 heavy (non-hydrogen) atoms. The van der Waals surface area contributed by atoms with Crippen molar-refractivity contribution in [1.29, 1.82) is 0 Å². The van der Waals surface area contributed by atoms with Crippen LogP contribution in [0.4, 0.5) is 10.5 Å². The number of imide groups is 1. The Bertz CT molecular complexity index is 853. The number of carbonyl (C=O) groups is 3. The Labute approximate surface area is 150 Å². The van der Waals surface area contributed by atoms with Gasteiger partial charge in [-0.3, -0.25) is 14.5 Å². The quantitative estimate of drug-likeness (QED) is 0.806. The number of anilines is 1. The predicted octanol–water partition coefficient (Wildman–Crippen LogP) is 2.10. The molecule has 3 rings (SSSR count). The van der Waals surface area contributed by atoms with Crippen LogP contribution < -0.4 is 15.4 Å². The lowest BCUT2D eigenvalue weighted by atomic mass is 9.92. The van der Waals surface area contributed by atoms with E-state index in [1.807, 2.05) is 6.07 Å². The minimum absolute atomic E-state index is 0.371. The van der Waals surface area contributed by atoms with Gasteiger partial charge < -0.3 is 15.4 Å². The Balaban J connectivity index is 1.72. The van der Waals surface area contributed by atoms with Crippen LogP contribution in [-0.4, -0.2) is 36.4 Å². The van der Waals surface area contributed by atoms with Crippen molar-refractivity contribution in [2.75, 3.05) is 19.0 Å². The first kappa shape index (κ1) is 17.5. The number of nitrogens with zero attached hydrogens (tertiary/aromatic N) is 1. The van der Waals surface area contributed by atoms with Gasteiger partial charge in [-0.25, -0.2) is 4.79 Å². The maximum atomic E-state index is 12.8. The van der Waals surface area contributed by atoms with E-state index in [9.17, 15) is 14.4 Å². The molecule has 0 aliphatic carbocycles. The number of nitrogens with one attached hydrogen (secondary N) is 2. The van der Waals surface area contributed by atoms with Crippen molar-refractivity contribution in [3.8, 4) is 5.75 Å². The van der Waals surface area contributed by atoms with Crippen molar-refractivity contribution in [2.24, 2.45) is 0 Å². The summed E-state index contributed by atoms with van der Waals surface area (Å²) in [5.74, 6) is -0.344. The Hall–Kier alpha value is -3.35. The van der Waals surface area contributed by atoms with E-state index in [-0.39, 0.29) is 6.54 Å². The molecule has 0 aromatic heterocycles. The number of hydrogen-bond acceptors (Lipinski definition) is 4. The summed E-state index contributed by atoms with van der Waals surface area (Å²) in [5, 5.41) is 5.33. The molecule has 0 saturated carbocycles. The molecule has 0 spiro atoms. The van der Waals surface area contributed by atoms with Gasteiger partial charge in [0.05, 0.1) is 7.11 Å². The number of hydrogen-bond donors (Lipinski definition) is 2. The number of amides is 4. The third-order valence-electron chi connectivity index (χ3n) is 4.28. The highest BCUT2D eigenvalue weighted by Gasteiger charge is 2.49. The van der Waals surface area contributed by atoms with Crippen molar-refractivity contribution < 1.29 is 19.1 Å². The highest BCUT2D eigenvalue weighted by molar-refractivity contribution is 6.10. The molecule has 7 nitrogen and oxygen atoms in total. The number of methoxy groups -OCH3 is 1. The fourth-order valence-corrected chi connectivity index (χ4v) is 2.85. The molecule has 0 bridgehead atoms. The zero-order valence-corrected chi connectivity index (χ0v) is 14.5. The predicted molar refractivity (Wildman–Crippen MR) is 95.7 cm³/mol. The summed E-state index contributed by atoms with van der Waals surface area (Å²) >= 11 is 0. The number of ether oxygens (including phenoxy) is 1. The van der Waals surface area contributed by atoms with Gasteiger partial charge in [0.1, 0.15) is 17.8 Å². The fourth-order valence-electron chi connectivity index (χ4n) is 2.85. The van der Waals surface area contributed by atoms with E-state index in [0.717, 1.165) is 4.90 Å². The average Bonchev–Trinajstić information content (AvgIpc) is 2.87. The molecule has 1 unspecified atom stereocenters. The molecule has 0 radical (unpaired) electrons. The van der Waals surface area contributed by atoms with Gasteiger partial charge >= 0.3 is 6.03 Å². The molecule has 1 atom stereocenters. The van der Waals surface area contributed by atoms with E-state index >= 15 is 0 Å². The zero-order valence-electron chi connectivity index (χ0n) is 14.5. The van der Waals surface area contributed by atoms with Gasteiger partial charge in [0, 0.05) is 11.8 Å². The minimum atomic E-state index is -1.19. The molecule has 2 aromatic carbocycles. The maximum Gasteiger partial charge on any atom is 0.325 e. The van der Waals surface area contributed by atoms with Crippen molar-refractivity contribution in [3.63, 3.8) is 0 Å². The first-order chi connectivity index (χ1) is 12.4. The number of carbonyl (C=O) groups excluding carboxylic acids is 3. The molecule has 1 aliphatic heterocycles. The zero-order chi connectivity index (χ0) is 18.7. The number of rotatable bonds is 5. The normalized spacial score (nSPS) is 19.2. The highest BCUT2D eigenvalue weighted by Crippen LogP contribution is 2.28. The van der Waals surface area contributed by atoms with E-state index < -0.39 is 23.4 Å². The lowest BCUT2D eigenvalue weighted by molar-refractivity contribution is -0.133. The maximum absolute atomic E-state index is 12.8. The molecule has 1 saturated heterocycles. The van der Waals surface area contributed by atoms with Gasteiger partial charge in [-0.2, -0.15) is 0 Å². The number of benzene rings is 2. The van der Waals surface area contributed by atoms with Crippen LogP contribution in [0.5, 0.6) is 5.75 Å².